The van der Waals surface area contributed by atoms with E-state index in [9.17, 15) is 18.0 Å². The Kier molecular flexibility index (Phi) is 5.91. The lowest BCUT2D eigenvalue weighted by Gasteiger charge is -2.34. The molecule has 0 atom stereocenters. The molecule has 0 aliphatic carbocycles. The molecule has 176 valence electrons. The Balaban J connectivity index is 1.28. The molecule has 0 N–H and O–H groups in total. The van der Waals surface area contributed by atoms with Gasteiger partial charge in [-0.25, -0.2) is 4.98 Å². The van der Waals surface area contributed by atoms with E-state index < -0.39 is 11.7 Å². The van der Waals surface area contributed by atoms with Gasteiger partial charge in [0.1, 0.15) is 0 Å². The molecule has 1 aliphatic heterocycles. The van der Waals surface area contributed by atoms with Crippen LogP contribution in [0.3, 0.4) is 0 Å². The number of carbonyl (C=O) groups is 1. The molecular formula is C25H23F3N4OS. The molecule has 0 unspecified atom stereocenters. The summed E-state index contributed by atoms with van der Waals surface area (Å²) < 4.78 is 40.5. The van der Waals surface area contributed by atoms with Crippen LogP contribution in [0, 0.1) is 6.92 Å². The zero-order valence-electron chi connectivity index (χ0n) is 18.5. The Labute approximate surface area is 199 Å². The Morgan fingerprint density at radius 2 is 1.68 bits per heavy atom. The molecule has 1 amide bonds. The summed E-state index contributed by atoms with van der Waals surface area (Å²) in [6, 6.07) is 12.8. The van der Waals surface area contributed by atoms with E-state index in [1.165, 1.54) is 17.7 Å². The minimum Gasteiger partial charge on any atom is -0.336 e. The number of hydrogen-bond acceptors (Lipinski definition) is 4. The molecule has 2 aromatic heterocycles. The van der Waals surface area contributed by atoms with Gasteiger partial charge < -0.3 is 4.90 Å². The van der Waals surface area contributed by atoms with Gasteiger partial charge in [-0.1, -0.05) is 29.8 Å². The summed E-state index contributed by atoms with van der Waals surface area (Å²) in [5, 5.41) is 2.02. The molecule has 9 heteroatoms. The van der Waals surface area contributed by atoms with Gasteiger partial charge in [0.05, 0.1) is 17.0 Å². The lowest BCUT2D eigenvalue weighted by Crippen LogP contribution is -2.48. The van der Waals surface area contributed by atoms with Crippen molar-refractivity contribution in [3.05, 3.63) is 82.5 Å². The van der Waals surface area contributed by atoms with Gasteiger partial charge in [-0.05, 0) is 31.2 Å². The van der Waals surface area contributed by atoms with Gasteiger partial charge in [0.25, 0.3) is 5.91 Å². The summed E-state index contributed by atoms with van der Waals surface area (Å²) in [6.07, 6.45) is -2.38. The molecule has 1 aliphatic rings. The van der Waals surface area contributed by atoms with Crippen molar-refractivity contribution in [1.82, 2.24) is 19.2 Å². The molecule has 2 aromatic carbocycles. The number of rotatable bonds is 4. The Morgan fingerprint density at radius 3 is 2.32 bits per heavy atom. The maximum Gasteiger partial charge on any atom is 0.416 e. The second kappa shape index (κ2) is 8.88. The van der Waals surface area contributed by atoms with Crippen molar-refractivity contribution in [2.75, 3.05) is 26.2 Å². The molecule has 0 radical (unpaired) electrons. The number of halogens is 3. The highest BCUT2D eigenvalue weighted by Gasteiger charge is 2.31. The normalized spacial score (nSPS) is 15.2. The minimum absolute atomic E-state index is 0.238. The summed E-state index contributed by atoms with van der Waals surface area (Å²) in [4.78, 5) is 22.6. The van der Waals surface area contributed by atoms with Gasteiger partial charge >= 0.3 is 6.18 Å². The van der Waals surface area contributed by atoms with Crippen LogP contribution >= 0.6 is 11.3 Å². The maximum atomic E-state index is 12.8. The number of aryl methyl sites for hydroxylation is 1. The van der Waals surface area contributed by atoms with E-state index in [0.29, 0.717) is 32.7 Å². The van der Waals surface area contributed by atoms with Crippen LogP contribution in [0.5, 0.6) is 0 Å². The van der Waals surface area contributed by atoms with E-state index >= 15 is 0 Å². The van der Waals surface area contributed by atoms with Crippen molar-refractivity contribution in [2.24, 2.45) is 0 Å². The van der Waals surface area contributed by atoms with Crippen LogP contribution in [-0.4, -0.2) is 51.3 Å². The van der Waals surface area contributed by atoms with E-state index in [-0.39, 0.29) is 11.5 Å². The maximum absolute atomic E-state index is 12.8. The van der Waals surface area contributed by atoms with Gasteiger partial charge in [-0.3, -0.25) is 14.1 Å². The number of carbonyl (C=O) groups excluding carboxylic acids is 1. The summed E-state index contributed by atoms with van der Waals surface area (Å²) in [5.41, 5.74) is 3.88. The number of nitrogens with zero attached hydrogens (tertiary/aromatic N) is 4. The third-order valence-electron chi connectivity index (χ3n) is 6.18. The first-order chi connectivity index (χ1) is 16.3. The second-order valence-electron chi connectivity index (χ2n) is 8.47. The average Bonchev–Trinajstić information content (AvgIpc) is 3.42. The number of alkyl halides is 3. The highest BCUT2D eigenvalue weighted by Crippen LogP contribution is 2.30. The van der Waals surface area contributed by atoms with Gasteiger partial charge in [0, 0.05) is 55.4 Å². The summed E-state index contributed by atoms with van der Waals surface area (Å²) >= 11 is 1.60. The zero-order valence-corrected chi connectivity index (χ0v) is 19.4. The predicted molar refractivity (Wildman–Crippen MR) is 126 cm³/mol. The van der Waals surface area contributed by atoms with Crippen molar-refractivity contribution < 1.29 is 18.0 Å². The lowest BCUT2D eigenvalue weighted by atomic mass is 10.1. The van der Waals surface area contributed by atoms with Crippen molar-refractivity contribution >= 4 is 22.2 Å². The largest absolute Gasteiger partial charge is 0.416 e. The molecule has 0 saturated carbocycles. The molecule has 1 fully saturated rings. The Morgan fingerprint density at radius 1 is 1.00 bits per heavy atom. The fourth-order valence-electron chi connectivity index (χ4n) is 4.23. The molecule has 3 heterocycles. The number of hydrogen-bond donors (Lipinski definition) is 0. The number of imidazole rings is 1. The topological polar surface area (TPSA) is 40.9 Å². The highest BCUT2D eigenvalue weighted by atomic mass is 32.1. The predicted octanol–water partition coefficient (Wildman–Crippen LogP) is 5.35. The van der Waals surface area contributed by atoms with Crippen molar-refractivity contribution in [3.63, 3.8) is 0 Å². The van der Waals surface area contributed by atoms with Crippen LogP contribution in [0.2, 0.25) is 0 Å². The van der Waals surface area contributed by atoms with Crippen molar-refractivity contribution in [3.8, 4) is 11.3 Å². The number of amides is 1. The number of piperazine rings is 1. The van der Waals surface area contributed by atoms with Gasteiger partial charge in [0.2, 0.25) is 0 Å². The molecule has 0 bridgehead atoms. The molecule has 5 rings (SSSR count). The third-order valence-corrected chi connectivity index (χ3v) is 6.93. The van der Waals surface area contributed by atoms with E-state index in [2.05, 4.69) is 40.5 Å². The standard InChI is InChI=1S/C25H23F3N4OS/c1-17-2-4-18(5-3-17)22-21(32-14-15-34-24(32)29-22)16-30-10-12-31(13-11-30)23(33)19-6-8-20(9-7-19)25(26,27)28/h2-9,14-15H,10-13,16H2,1H3. The van der Waals surface area contributed by atoms with Crippen molar-refractivity contribution in [1.29, 1.82) is 0 Å². The summed E-state index contributed by atoms with van der Waals surface area (Å²) in [6.45, 7) is 5.15. The zero-order chi connectivity index (χ0) is 23.9. The van der Waals surface area contributed by atoms with Crippen LogP contribution in [0.1, 0.15) is 27.2 Å². The van der Waals surface area contributed by atoms with Crippen molar-refractivity contribution in [2.45, 2.75) is 19.6 Å². The minimum atomic E-state index is -4.41. The fraction of sp³-hybridized carbons (Fsp3) is 0.280. The van der Waals surface area contributed by atoms with Crippen LogP contribution in [0.25, 0.3) is 16.2 Å². The quantitative estimate of drug-likeness (QED) is 0.392. The number of thiazole rings is 1. The first-order valence-corrected chi connectivity index (χ1v) is 11.9. The Bertz CT molecular complexity index is 1300. The lowest BCUT2D eigenvalue weighted by molar-refractivity contribution is -0.137. The van der Waals surface area contributed by atoms with Crippen LogP contribution in [-0.2, 0) is 12.7 Å². The summed E-state index contributed by atoms with van der Waals surface area (Å²) in [5.74, 6) is -0.238. The number of aromatic nitrogens is 2. The first-order valence-electron chi connectivity index (χ1n) is 11.0. The highest BCUT2D eigenvalue weighted by molar-refractivity contribution is 7.15. The van der Waals surface area contributed by atoms with Gasteiger partial charge in [-0.2, -0.15) is 13.2 Å². The van der Waals surface area contributed by atoms with Crippen LogP contribution in [0.4, 0.5) is 13.2 Å². The van der Waals surface area contributed by atoms with Crippen LogP contribution < -0.4 is 0 Å². The fourth-order valence-corrected chi connectivity index (χ4v) is 4.96. The smallest absolute Gasteiger partial charge is 0.336 e. The molecule has 1 saturated heterocycles. The number of fused-ring (bicyclic) bond motifs is 1. The molecule has 34 heavy (non-hydrogen) atoms. The van der Waals surface area contributed by atoms with E-state index in [0.717, 1.165) is 34.0 Å². The molecular weight excluding hydrogens is 461 g/mol. The van der Waals surface area contributed by atoms with E-state index in [4.69, 9.17) is 4.98 Å². The summed E-state index contributed by atoms with van der Waals surface area (Å²) in [7, 11) is 0. The van der Waals surface area contributed by atoms with E-state index in [1.54, 1.807) is 16.2 Å². The molecule has 0 spiro atoms. The number of benzene rings is 2. The van der Waals surface area contributed by atoms with Crippen LogP contribution in [0.15, 0.2) is 60.1 Å². The Hall–Kier alpha value is -3.17. The van der Waals surface area contributed by atoms with Gasteiger partial charge in [0.15, 0.2) is 4.96 Å². The second-order valence-corrected chi connectivity index (χ2v) is 9.35. The molecule has 5 nitrogen and oxygen atoms in total. The third kappa shape index (κ3) is 4.45. The monoisotopic (exact) mass is 484 g/mol. The van der Waals surface area contributed by atoms with E-state index in [1.807, 2.05) is 11.6 Å². The SMILES string of the molecule is Cc1ccc(-c2nc3sccn3c2CN2CCN(C(=O)c3ccc(C(F)(F)F)cc3)CC2)cc1. The molecule has 4 aromatic rings. The average molecular weight is 485 g/mol. The first kappa shape index (κ1) is 22.6. The van der Waals surface area contributed by atoms with Gasteiger partial charge in [-0.15, -0.1) is 11.3 Å².